The number of nitrogen functional groups attached to an aromatic ring is 1. The van der Waals surface area contributed by atoms with E-state index in [1.807, 2.05) is 13.8 Å². The second kappa shape index (κ2) is 8.89. The van der Waals surface area contributed by atoms with E-state index in [1.54, 1.807) is 19.2 Å². The summed E-state index contributed by atoms with van der Waals surface area (Å²) in [5, 5.41) is 5.40. The minimum Gasteiger partial charge on any atom is -0.482 e. The van der Waals surface area contributed by atoms with E-state index in [0.29, 0.717) is 30.2 Å². The molecule has 1 rings (SSSR count). The van der Waals surface area contributed by atoms with E-state index in [1.165, 1.54) is 6.07 Å². The SMILES string of the molecule is COCCNC(=O)COc1ccc(C(=O)NC(C)C)cc1N. The molecular weight excluding hydrogens is 286 g/mol. The minimum atomic E-state index is -0.266. The van der Waals surface area contributed by atoms with Gasteiger partial charge in [-0.25, -0.2) is 0 Å². The fraction of sp³-hybridized carbons (Fsp3) is 0.467. The van der Waals surface area contributed by atoms with E-state index in [4.69, 9.17) is 15.2 Å². The number of methoxy groups -OCH3 is 1. The lowest BCUT2D eigenvalue weighted by atomic mass is 10.1. The van der Waals surface area contributed by atoms with Crippen molar-refractivity contribution in [3.8, 4) is 5.75 Å². The van der Waals surface area contributed by atoms with Gasteiger partial charge in [0.05, 0.1) is 12.3 Å². The van der Waals surface area contributed by atoms with Gasteiger partial charge in [-0.15, -0.1) is 0 Å². The molecule has 0 radical (unpaired) electrons. The summed E-state index contributed by atoms with van der Waals surface area (Å²) in [6.07, 6.45) is 0. The van der Waals surface area contributed by atoms with Crippen molar-refractivity contribution in [3.63, 3.8) is 0 Å². The van der Waals surface area contributed by atoms with Gasteiger partial charge in [-0.3, -0.25) is 9.59 Å². The largest absolute Gasteiger partial charge is 0.482 e. The molecule has 0 aliphatic heterocycles. The Labute approximate surface area is 130 Å². The van der Waals surface area contributed by atoms with Gasteiger partial charge in [0.2, 0.25) is 0 Å². The average molecular weight is 309 g/mol. The molecule has 0 saturated heterocycles. The Morgan fingerprint density at radius 1 is 1.32 bits per heavy atom. The van der Waals surface area contributed by atoms with Crippen molar-refractivity contribution in [1.29, 1.82) is 0 Å². The first-order valence-corrected chi connectivity index (χ1v) is 7.03. The highest BCUT2D eigenvalue weighted by atomic mass is 16.5. The molecule has 2 amide bonds. The first kappa shape index (κ1) is 17.8. The second-order valence-electron chi connectivity index (χ2n) is 5.01. The quantitative estimate of drug-likeness (QED) is 0.481. The molecule has 0 unspecified atom stereocenters. The molecule has 0 bridgehead atoms. The van der Waals surface area contributed by atoms with Crippen LogP contribution in [0.4, 0.5) is 5.69 Å². The Kier molecular flexibility index (Phi) is 7.18. The predicted molar refractivity (Wildman–Crippen MR) is 83.8 cm³/mol. The lowest BCUT2D eigenvalue weighted by Crippen LogP contribution is -2.31. The Hall–Kier alpha value is -2.28. The topological polar surface area (TPSA) is 103 Å². The highest BCUT2D eigenvalue weighted by Crippen LogP contribution is 2.22. The zero-order chi connectivity index (χ0) is 16.5. The predicted octanol–water partition coefficient (Wildman–Crippen LogP) is 0.548. The average Bonchev–Trinajstić information content (AvgIpc) is 2.45. The van der Waals surface area contributed by atoms with Crippen LogP contribution >= 0.6 is 0 Å². The van der Waals surface area contributed by atoms with Crippen LogP contribution in [0.15, 0.2) is 18.2 Å². The van der Waals surface area contributed by atoms with Gasteiger partial charge in [0.1, 0.15) is 5.75 Å². The number of rotatable bonds is 8. The Balaban J connectivity index is 2.55. The number of nitrogens with two attached hydrogens (primary N) is 1. The van der Waals surface area contributed by atoms with Gasteiger partial charge in [-0.1, -0.05) is 0 Å². The first-order valence-electron chi connectivity index (χ1n) is 7.03. The lowest BCUT2D eigenvalue weighted by molar-refractivity contribution is -0.123. The molecule has 7 heteroatoms. The van der Waals surface area contributed by atoms with Gasteiger partial charge >= 0.3 is 0 Å². The summed E-state index contributed by atoms with van der Waals surface area (Å²) in [6.45, 7) is 4.46. The number of benzene rings is 1. The van der Waals surface area contributed by atoms with Crippen molar-refractivity contribution in [3.05, 3.63) is 23.8 Å². The molecule has 0 aromatic heterocycles. The molecule has 0 fully saturated rings. The van der Waals surface area contributed by atoms with Crippen molar-refractivity contribution < 1.29 is 19.1 Å². The molecule has 122 valence electrons. The third-order valence-electron chi connectivity index (χ3n) is 2.68. The Bertz CT molecular complexity index is 518. The monoisotopic (exact) mass is 309 g/mol. The Morgan fingerprint density at radius 2 is 2.05 bits per heavy atom. The van der Waals surface area contributed by atoms with E-state index in [-0.39, 0.29) is 24.5 Å². The van der Waals surface area contributed by atoms with Gasteiger partial charge < -0.3 is 25.8 Å². The van der Waals surface area contributed by atoms with Gasteiger partial charge in [0.25, 0.3) is 11.8 Å². The molecular formula is C15H23N3O4. The standard InChI is InChI=1S/C15H23N3O4/c1-10(2)18-15(20)11-4-5-13(12(16)8-11)22-9-14(19)17-6-7-21-3/h4-5,8,10H,6-7,9,16H2,1-3H3,(H,17,19)(H,18,20). The number of amides is 2. The highest BCUT2D eigenvalue weighted by molar-refractivity contribution is 5.95. The summed E-state index contributed by atoms with van der Waals surface area (Å²) < 4.78 is 10.2. The molecule has 0 atom stereocenters. The summed E-state index contributed by atoms with van der Waals surface area (Å²) in [5.74, 6) is -0.105. The molecule has 1 aromatic rings. The van der Waals surface area contributed by atoms with Crippen molar-refractivity contribution in [2.24, 2.45) is 0 Å². The van der Waals surface area contributed by atoms with Crippen LogP contribution in [-0.4, -0.2) is 44.7 Å². The summed E-state index contributed by atoms with van der Waals surface area (Å²) in [7, 11) is 1.56. The van der Waals surface area contributed by atoms with Crippen LogP contribution in [0.3, 0.4) is 0 Å². The normalized spacial score (nSPS) is 10.4. The number of hydrogen-bond donors (Lipinski definition) is 3. The van der Waals surface area contributed by atoms with Gasteiger partial charge in [0.15, 0.2) is 6.61 Å². The summed E-state index contributed by atoms with van der Waals surface area (Å²) in [4.78, 5) is 23.4. The zero-order valence-electron chi connectivity index (χ0n) is 13.1. The third kappa shape index (κ3) is 6.01. The zero-order valence-corrected chi connectivity index (χ0v) is 13.1. The number of carbonyl (C=O) groups is 2. The third-order valence-corrected chi connectivity index (χ3v) is 2.68. The maximum atomic E-state index is 11.8. The van der Waals surface area contributed by atoms with Crippen LogP contribution in [-0.2, 0) is 9.53 Å². The van der Waals surface area contributed by atoms with Gasteiger partial charge in [0, 0.05) is 25.3 Å². The highest BCUT2D eigenvalue weighted by Gasteiger charge is 2.10. The number of hydrogen-bond acceptors (Lipinski definition) is 5. The molecule has 0 heterocycles. The van der Waals surface area contributed by atoms with E-state index in [0.717, 1.165) is 0 Å². The molecule has 22 heavy (non-hydrogen) atoms. The van der Waals surface area contributed by atoms with Gasteiger partial charge in [-0.05, 0) is 32.0 Å². The van der Waals surface area contributed by atoms with E-state index in [9.17, 15) is 9.59 Å². The maximum absolute atomic E-state index is 11.8. The summed E-state index contributed by atoms with van der Waals surface area (Å²) in [6, 6.07) is 4.75. The van der Waals surface area contributed by atoms with Crippen LogP contribution in [0.5, 0.6) is 5.75 Å². The Morgan fingerprint density at radius 3 is 2.64 bits per heavy atom. The number of anilines is 1. The van der Waals surface area contributed by atoms with Gasteiger partial charge in [-0.2, -0.15) is 0 Å². The first-order chi connectivity index (χ1) is 10.4. The van der Waals surface area contributed by atoms with Crippen LogP contribution in [0.25, 0.3) is 0 Å². The van der Waals surface area contributed by atoms with Crippen LogP contribution in [0.1, 0.15) is 24.2 Å². The smallest absolute Gasteiger partial charge is 0.258 e. The molecule has 0 aliphatic rings. The molecule has 1 aromatic carbocycles. The number of nitrogens with one attached hydrogen (secondary N) is 2. The van der Waals surface area contributed by atoms with Crippen LogP contribution < -0.4 is 21.1 Å². The minimum absolute atomic E-state index is 0.0421. The fourth-order valence-electron chi connectivity index (χ4n) is 1.65. The van der Waals surface area contributed by atoms with Crippen molar-refractivity contribution in [1.82, 2.24) is 10.6 Å². The molecule has 4 N–H and O–H groups in total. The summed E-state index contributed by atoms with van der Waals surface area (Å²) >= 11 is 0. The number of carbonyl (C=O) groups excluding carboxylic acids is 2. The van der Waals surface area contributed by atoms with E-state index in [2.05, 4.69) is 10.6 Å². The summed E-state index contributed by atoms with van der Waals surface area (Å²) in [5.41, 5.74) is 6.60. The molecule has 0 aliphatic carbocycles. The molecule has 0 spiro atoms. The molecule has 7 nitrogen and oxygen atoms in total. The van der Waals surface area contributed by atoms with Crippen molar-refractivity contribution in [2.75, 3.05) is 32.6 Å². The van der Waals surface area contributed by atoms with Crippen molar-refractivity contribution in [2.45, 2.75) is 19.9 Å². The van der Waals surface area contributed by atoms with Crippen molar-refractivity contribution >= 4 is 17.5 Å². The van der Waals surface area contributed by atoms with E-state index >= 15 is 0 Å². The molecule has 0 saturated carbocycles. The van der Waals surface area contributed by atoms with Crippen LogP contribution in [0.2, 0.25) is 0 Å². The van der Waals surface area contributed by atoms with E-state index < -0.39 is 0 Å². The van der Waals surface area contributed by atoms with Crippen LogP contribution in [0, 0.1) is 0 Å². The maximum Gasteiger partial charge on any atom is 0.258 e. The fourth-order valence-corrected chi connectivity index (χ4v) is 1.65. The lowest BCUT2D eigenvalue weighted by Gasteiger charge is -2.12. The second-order valence-corrected chi connectivity index (χ2v) is 5.01. The number of ether oxygens (including phenoxy) is 2.